The first-order valence-electron chi connectivity index (χ1n) is 9.48. The monoisotopic (exact) mass is 446 g/mol. The van der Waals surface area contributed by atoms with Crippen LogP contribution in [0.3, 0.4) is 0 Å². The number of hydrogen-bond donors (Lipinski definition) is 1. The average molecular weight is 447 g/mol. The zero-order chi connectivity index (χ0) is 21.3. The highest BCUT2D eigenvalue weighted by atomic mass is 35.5. The zero-order valence-electron chi connectivity index (χ0n) is 16.5. The summed E-state index contributed by atoms with van der Waals surface area (Å²) >= 11 is 12.4. The number of aromatic nitrogens is 4. The van der Waals surface area contributed by atoms with Gasteiger partial charge in [0.2, 0.25) is 6.10 Å². The van der Waals surface area contributed by atoms with Gasteiger partial charge in [0.05, 0.1) is 29.8 Å². The molecule has 1 aliphatic heterocycles. The molecule has 1 aromatic carbocycles. The van der Waals surface area contributed by atoms with E-state index in [-0.39, 0.29) is 5.91 Å². The SMILES string of the molecule is CCn1cc(C2=NOC(C(=O)Nc3cnn(Cc4c(Cl)cccc4Cl)c3)C2)c(C)n1. The number of carbonyl (C=O) groups is 1. The summed E-state index contributed by atoms with van der Waals surface area (Å²) in [7, 11) is 0. The third-order valence-corrected chi connectivity index (χ3v) is 5.53. The van der Waals surface area contributed by atoms with Crippen LogP contribution in [-0.2, 0) is 22.7 Å². The summed E-state index contributed by atoms with van der Waals surface area (Å²) in [6.45, 7) is 5.08. The molecule has 1 unspecified atom stereocenters. The fourth-order valence-corrected chi connectivity index (χ4v) is 3.74. The molecule has 0 spiro atoms. The van der Waals surface area contributed by atoms with Gasteiger partial charge in [-0.2, -0.15) is 10.2 Å². The lowest BCUT2D eigenvalue weighted by atomic mass is 10.1. The van der Waals surface area contributed by atoms with Crippen molar-refractivity contribution >= 4 is 40.5 Å². The molecule has 2 aromatic heterocycles. The third-order valence-electron chi connectivity index (χ3n) is 4.83. The van der Waals surface area contributed by atoms with Crippen LogP contribution in [0.15, 0.2) is 41.9 Å². The predicted molar refractivity (Wildman–Crippen MR) is 115 cm³/mol. The summed E-state index contributed by atoms with van der Waals surface area (Å²) < 4.78 is 3.49. The van der Waals surface area contributed by atoms with Gasteiger partial charge < -0.3 is 10.2 Å². The second-order valence-corrected chi connectivity index (χ2v) is 7.75. The van der Waals surface area contributed by atoms with Crippen LogP contribution in [0.4, 0.5) is 5.69 Å². The molecule has 1 aliphatic rings. The molecule has 30 heavy (non-hydrogen) atoms. The van der Waals surface area contributed by atoms with Gasteiger partial charge >= 0.3 is 0 Å². The second kappa shape index (κ2) is 8.49. The average Bonchev–Trinajstić information content (AvgIpc) is 3.44. The molecule has 0 aliphatic carbocycles. The molecule has 1 amide bonds. The number of nitrogens with zero attached hydrogens (tertiary/aromatic N) is 5. The Morgan fingerprint density at radius 1 is 1.27 bits per heavy atom. The molecule has 0 fully saturated rings. The fraction of sp³-hybridized carbons (Fsp3) is 0.300. The van der Waals surface area contributed by atoms with E-state index in [1.54, 1.807) is 35.3 Å². The number of rotatable bonds is 6. The Hall–Kier alpha value is -2.84. The maximum Gasteiger partial charge on any atom is 0.268 e. The number of anilines is 1. The Morgan fingerprint density at radius 2 is 2.03 bits per heavy atom. The smallest absolute Gasteiger partial charge is 0.268 e. The van der Waals surface area contributed by atoms with Crippen LogP contribution in [0.25, 0.3) is 0 Å². The number of amides is 1. The number of halogens is 2. The topological polar surface area (TPSA) is 86.3 Å². The first-order valence-corrected chi connectivity index (χ1v) is 10.2. The van der Waals surface area contributed by atoms with Crippen LogP contribution < -0.4 is 5.32 Å². The van der Waals surface area contributed by atoms with E-state index in [9.17, 15) is 4.79 Å². The highest BCUT2D eigenvalue weighted by molar-refractivity contribution is 6.36. The van der Waals surface area contributed by atoms with Crippen LogP contribution in [0.1, 0.15) is 30.2 Å². The predicted octanol–water partition coefficient (Wildman–Crippen LogP) is 3.89. The number of carbonyl (C=O) groups excluding carboxylic acids is 1. The van der Waals surface area contributed by atoms with Crippen molar-refractivity contribution in [1.29, 1.82) is 0 Å². The van der Waals surface area contributed by atoms with Gasteiger partial charge in [-0.1, -0.05) is 34.4 Å². The molecule has 3 aromatic rings. The largest absolute Gasteiger partial charge is 0.382 e. The maximum absolute atomic E-state index is 12.6. The Kier molecular flexibility index (Phi) is 5.78. The van der Waals surface area contributed by atoms with Crippen molar-refractivity contribution in [3.05, 3.63) is 63.7 Å². The van der Waals surface area contributed by atoms with Crippen LogP contribution in [-0.4, -0.2) is 37.3 Å². The summed E-state index contributed by atoms with van der Waals surface area (Å²) in [5, 5.41) is 16.7. The molecular weight excluding hydrogens is 427 g/mol. The molecule has 0 saturated carbocycles. The molecule has 0 saturated heterocycles. The molecule has 8 nitrogen and oxygen atoms in total. The number of benzene rings is 1. The number of hydrogen-bond acceptors (Lipinski definition) is 5. The Morgan fingerprint density at radius 3 is 2.73 bits per heavy atom. The van der Waals surface area contributed by atoms with Crippen molar-refractivity contribution in [3.8, 4) is 0 Å². The minimum atomic E-state index is -0.703. The minimum Gasteiger partial charge on any atom is -0.382 e. The summed E-state index contributed by atoms with van der Waals surface area (Å²) in [6, 6.07) is 5.33. The van der Waals surface area contributed by atoms with Gasteiger partial charge in [0.15, 0.2) is 0 Å². The van der Waals surface area contributed by atoms with Crippen LogP contribution >= 0.6 is 23.2 Å². The van der Waals surface area contributed by atoms with Gasteiger partial charge in [0, 0.05) is 46.5 Å². The van der Waals surface area contributed by atoms with Crippen LogP contribution in [0.5, 0.6) is 0 Å². The van der Waals surface area contributed by atoms with Gasteiger partial charge in [-0.3, -0.25) is 14.2 Å². The lowest BCUT2D eigenvalue weighted by Crippen LogP contribution is -2.27. The van der Waals surface area contributed by atoms with E-state index < -0.39 is 6.10 Å². The van der Waals surface area contributed by atoms with E-state index in [4.69, 9.17) is 28.0 Å². The Bertz CT molecular complexity index is 1100. The number of oxime groups is 1. The fourth-order valence-electron chi connectivity index (χ4n) is 3.22. The highest BCUT2D eigenvalue weighted by Crippen LogP contribution is 2.25. The number of aryl methyl sites for hydroxylation is 2. The molecule has 0 bridgehead atoms. The highest BCUT2D eigenvalue weighted by Gasteiger charge is 2.30. The quantitative estimate of drug-likeness (QED) is 0.621. The molecule has 1 atom stereocenters. The van der Waals surface area contributed by atoms with Gasteiger partial charge in [-0.05, 0) is 26.0 Å². The van der Waals surface area contributed by atoms with Crippen molar-refractivity contribution < 1.29 is 9.63 Å². The normalized spacial score (nSPS) is 15.7. The van der Waals surface area contributed by atoms with Gasteiger partial charge in [0.25, 0.3) is 5.91 Å². The summed E-state index contributed by atoms with van der Waals surface area (Å²) in [5.74, 6) is -0.287. The summed E-state index contributed by atoms with van der Waals surface area (Å²) in [5.41, 5.74) is 3.80. The lowest BCUT2D eigenvalue weighted by molar-refractivity contribution is -0.125. The second-order valence-electron chi connectivity index (χ2n) is 6.94. The van der Waals surface area contributed by atoms with Crippen LogP contribution in [0, 0.1) is 6.92 Å². The molecular formula is C20H20Cl2N6O2. The van der Waals surface area contributed by atoms with E-state index in [1.807, 2.05) is 24.7 Å². The molecule has 3 heterocycles. The molecule has 4 rings (SSSR count). The number of nitrogens with one attached hydrogen (secondary N) is 1. The first kappa shape index (κ1) is 20.4. The van der Waals surface area contributed by atoms with Crippen molar-refractivity contribution in [1.82, 2.24) is 19.6 Å². The minimum absolute atomic E-state index is 0.287. The van der Waals surface area contributed by atoms with E-state index >= 15 is 0 Å². The standard InChI is InChI=1S/C20H20Cl2N6O2/c1-3-27-10-14(12(2)25-27)18-7-19(30-26-18)20(29)24-13-8-23-28(9-13)11-15-16(21)5-4-6-17(15)22/h4-6,8-10,19H,3,7,11H2,1-2H3,(H,24,29). The molecule has 0 radical (unpaired) electrons. The lowest BCUT2D eigenvalue weighted by Gasteiger charge is -2.08. The van der Waals surface area contributed by atoms with Crippen molar-refractivity contribution in [2.75, 3.05) is 5.32 Å². The molecule has 156 valence electrons. The summed E-state index contributed by atoms with van der Waals surface area (Å²) in [4.78, 5) is 18.0. The zero-order valence-corrected chi connectivity index (χ0v) is 18.0. The summed E-state index contributed by atoms with van der Waals surface area (Å²) in [6.07, 6.45) is 4.87. The van der Waals surface area contributed by atoms with Gasteiger partial charge in [-0.25, -0.2) is 0 Å². The maximum atomic E-state index is 12.6. The van der Waals surface area contributed by atoms with Crippen molar-refractivity contribution in [2.45, 2.75) is 39.5 Å². The van der Waals surface area contributed by atoms with Crippen molar-refractivity contribution in [3.63, 3.8) is 0 Å². The van der Waals surface area contributed by atoms with E-state index in [0.717, 1.165) is 29.1 Å². The third kappa shape index (κ3) is 4.20. The van der Waals surface area contributed by atoms with Gasteiger partial charge in [0.1, 0.15) is 0 Å². The Balaban J connectivity index is 1.38. The Labute approximate surface area is 183 Å². The first-order chi connectivity index (χ1) is 14.4. The molecule has 1 N–H and O–H groups in total. The van der Waals surface area contributed by atoms with E-state index in [0.29, 0.717) is 28.7 Å². The van der Waals surface area contributed by atoms with E-state index in [1.165, 1.54) is 0 Å². The van der Waals surface area contributed by atoms with Crippen molar-refractivity contribution in [2.24, 2.45) is 5.16 Å². The van der Waals surface area contributed by atoms with Crippen LogP contribution in [0.2, 0.25) is 10.0 Å². The molecule has 10 heteroatoms. The van der Waals surface area contributed by atoms with E-state index in [2.05, 4.69) is 20.7 Å². The van der Waals surface area contributed by atoms with Gasteiger partial charge in [-0.15, -0.1) is 0 Å².